The number of urea groups is 1. The van der Waals surface area contributed by atoms with E-state index in [1.165, 1.54) is 17.0 Å². The third-order valence-electron chi connectivity index (χ3n) is 4.27. The molecular weight excluding hydrogens is 323 g/mol. The summed E-state index contributed by atoms with van der Waals surface area (Å²) < 4.78 is 19.9. The van der Waals surface area contributed by atoms with Gasteiger partial charge in [-0.1, -0.05) is 24.3 Å². The second-order valence-corrected chi connectivity index (χ2v) is 6.33. The van der Waals surface area contributed by atoms with Crippen molar-refractivity contribution in [3.8, 4) is 11.5 Å². The van der Waals surface area contributed by atoms with E-state index < -0.39 is 11.8 Å². The lowest BCUT2D eigenvalue weighted by Crippen LogP contribution is -2.41. The minimum Gasteiger partial charge on any atom is -0.455 e. The number of benzene rings is 2. The van der Waals surface area contributed by atoms with Gasteiger partial charge in [0.1, 0.15) is 11.4 Å². The molecule has 0 bridgehead atoms. The fraction of sp³-hybridized carbons (Fsp3) is 0.316. The minimum absolute atomic E-state index is 0.0110. The third-order valence-corrected chi connectivity index (χ3v) is 4.27. The molecule has 0 spiro atoms. The highest BCUT2D eigenvalue weighted by Crippen LogP contribution is 2.32. The third kappa shape index (κ3) is 4.28. The first-order valence-corrected chi connectivity index (χ1v) is 8.24. The summed E-state index contributed by atoms with van der Waals surface area (Å²) >= 11 is 0. The quantitative estimate of drug-likeness (QED) is 0.866. The van der Waals surface area contributed by atoms with Gasteiger partial charge >= 0.3 is 6.03 Å². The Morgan fingerprint density at radius 3 is 2.64 bits per heavy atom. The molecule has 3 rings (SSSR count). The number of nitrogens with zero attached hydrogens (tertiary/aromatic N) is 1. The average Bonchev–Trinajstić information content (AvgIpc) is 2.57. The molecule has 0 unspecified atom stereocenters. The number of nitrogens with one attached hydrogen (secondary N) is 1. The van der Waals surface area contributed by atoms with E-state index in [0.29, 0.717) is 25.1 Å². The SMILES string of the molecule is CN(CC1CC(O)C1)C(=O)Nc1c(F)cccc1Oc1ccccc1. The summed E-state index contributed by atoms with van der Waals surface area (Å²) in [4.78, 5) is 13.9. The molecule has 0 saturated heterocycles. The Hall–Kier alpha value is -2.60. The number of hydrogen-bond acceptors (Lipinski definition) is 3. The Labute approximate surface area is 146 Å². The summed E-state index contributed by atoms with van der Waals surface area (Å²) in [7, 11) is 1.65. The van der Waals surface area contributed by atoms with Crippen LogP contribution in [0.1, 0.15) is 12.8 Å². The van der Waals surface area contributed by atoms with Crippen molar-refractivity contribution in [3.05, 3.63) is 54.3 Å². The van der Waals surface area contributed by atoms with Gasteiger partial charge in [0, 0.05) is 13.6 Å². The summed E-state index contributed by atoms with van der Waals surface area (Å²) in [5.41, 5.74) is 0.0110. The molecule has 6 heteroatoms. The van der Waals surface area contributed by atoms with Crippen molar-refractivity contribution in [3.63, 3.8) is 0 Å². The van der Waals surface area contributed by atoms with Crippen molar-refractivity contribution in [2.45, 2.75) is 18.9 Å². The van der Waals surface area contributed by atoms with E-state index in [1.54, 1.807) is 25.2 Å². The van der Waals surface area contributed by atoms with Crippen molar-refractivity contribution in [1.29, 1.82) is 0 Å². The van der Waals surface area contributed by atoms with Gasteiger partial charge in [0.25, 0.3) is 0 Å². The van der Waals surface area contributed by atoms with E-state index in [9.17, 15) is 14.3 Å². The molecule has 2 aromatic carbocycles. The maximum Gasteiger partial charge on any atom is 0.321 e. The average molecular weight is 344 g/mol. The van der Waals surface area contributed by atoms with Gasteiger partial charge in [-0.3, -0.25) is 0 Å². The first-order chi connectivity index (χ1) is 12.0. The number of rotatable bonds is 5. The first-order valence-electron chi connectivity index (χ1n) is 8.24. The molecule has 2 aromatic rings. The number of hydrogen-bond donors (Lipinski definition) is 2. The molecule has 1 fully saturated rings. The van der Waals surface area contributed by atoms with E-state index in [-0.39, 0.29) is 23.5 Å². The van der Waals surface area contributed by atoms with Crippen molar-refractivity contribution in [1.82, 2.24) is 4.90 Å². The van der Waals surface area contributed by atoms with Crippen LogP contribution in [0.5, 0.6) is 11.5 Å². The normalized spacial score (nSPS) is 19.0. The van der Waals surface area contributed by atoms with Crippen LogP contribution in [0.2, 0.25) is 0 Å². The Balaban J connectivity index is 1.69. The number of carbonyl (C=O) groups excluding carboxylic acids is 1. The largest absolute Gasteiger partial charge is 0.455 e. The summed E-state index contributed by atoms with van der Waals surface area (Å²) in [5, 5.41) is 11.9. The van der Waals surface area contributed by atoms with E-state index in [0.717, 1.165) is 0 Å². The number of halogens is 1. The monoisotopic (exact) mass is 344 g/mol. The molecule has 1 aliphatic carbocycles. The van der Waals surface area contributed by atoms with Crippen molar-refractivity contribution in [2.24, 2.45) is 5.92 Å². The number of anilines is 1. The van der Waals surface area contributed by atoms with Crippen LogP contribution in [-0.4, -0.2) is 35.7 Å². The predicted octanol–water partition coefficient (Wildman–Crippen LogP) is 3.85. The minimum atomic E-state index is -0.561. The summed E-state index contributed by atoms with van der Waals surface area (Å²) in [5.74, 6) is 0.521. The van der Waals surface area contributed by atoms with Gasteiger partial charge < -0.3 is 20.1 Å². The summed E-state index contributed by atoms with van der Waals surface area (Å²) in [6.07, 6.45) is 1.12. The van der Waals surface area contributed by atoms with Crippen molar-refractivity contribution >= 4 is 11.7 Å². The van der Waals surface area contributed by atoms with E-state index in [1.807, 2.05) is 18.2 Å². The van der Waals surface area contributed by atoms with E-state index in [2.05, 4.69) is 5.32 Å². The predicted molar refractivity (Wildman–Crippen MR) is 93.3 cm³/mol. The molecular formula is C19H21FN2O3. The van der Waals surface area contributed by atoms with Gasteiger partial charge in [-0.2, -0.15) is 0 Å². The number of para-hydroxylation sites is 2. The Morgan fingerprint density at radius 1 is 1.24 bits per heavy atom. The summed E-state index contributed by atoms with van der Waals surface area (Å²) in [6.45, 7) is 0.520. The Bertz CT molecular complexity index is 733. The highest BCUT2D eigenvalue weighted by Gasteiger charge is 2.29. The fourth-order valence-electron chi connectivity index (χ4n) is 2.85. The van der Waals surface area contributed by atoms with Gasteiger partial charge in [-0.25, -0.2) is 9.18 Å². The van der Waals surface area contributed by atoms with Crippen LogP contribution in [0.4, 0.5) is 14.9 Å². The number of ether oxygens (including phenoxy) is 1. The lowest BCUT2D eigenvalue weighted by molar-refractivity contribution is 0.0332. The second-order valence-electron chi connectivity index (χ2n) is 6.33. The zero-order valence-electron chi connectivity index (χ0n) is 14.0. The van der Waals surface area contributed by atoms with E-state index >= 15 is 0 Å². The lowest BCUT2D eigenvalue weighted by atomic mass is 9.82. The molecule has 0 radical (unpaired) electrons. The molecule has 0 heterocycles. The zero-order valence-corrected chi connectivity index (χ0v) is 14.0. The smallest absolute Gasteiger partial charge is 0.321 e. The molecule has 25 heavy (non-hydrogen) atoms. The standard InChI is InChI=1S/C19H21FN2O3/c1-22(12-13-10-14(23)11-13)19(24)21-18-16(20)8-5-9-17(18)25-15-6-3-2-4-7-15/h2-9,13-14,23H,10-12H2,1H3,(H,21,24). The second kappa shape index (κ2) is 7.53. The molecule has 0 aromatic heterocycles. The molecule has 1 saturated carbocycles. The molecule has 0 atom stereocenters. The molecule has 2 N–H and O–H groups in total. The Morgan fingerprint density at radius 2 is 1.96 bits per heavy atom. The van der Waals surface area contributed by atoms with E-state index in [4.69, 9.17) is 4.74 Å². The maximum atomic E-state index is 14.2. The number of aliphatic hydroxyl groups excluding tert-OH is 1. The van der Waals surface area contributed by atoms with Crippen LogP contribution in [0.25, 0.3) is 0 Å². The molecule has 5 nitrogen and oxygen atoms in total. The van der Waals surface area contributed by atoms with Crippen LogP contribution in [0.15, 0.2) is 48.5 Å². The topological polar surface area (TPSA) is 61.8 Å². The van der Waals surface area contributed by atoms with Crippen LogP contribution < -0.4 is 10.1 Å². The number of carbonyl (C=O) groups is 1. The van der Waals surface area contributed by atoms with Gasteiger partial charge in [-0.05, 0) is 43.0 Å². The van der Waals surface area contributed by atoms with Gasteiger partial charge in [-0.15, -0.1) is 0 Å². The number of amides is 2. The molecule has 132 valence electrons. The van der Waals surface area contributed by atoms with Crippen molar-refractivity contribution < 1.29 is 19.0 Å². The number of aliphatic hydroxyl groups is 1. The summed E-state index contributed by atoms with van der Waals surface area (Å²) in [6, 6.07) is 13.0. The maximum absolute atomic E-state index is 14.2. The highest BCUT2D eigenvalue weighted by atomic mass is 19.1. The fourth-order valence-corrected chi connectivity index (χ4v) is 2.85. The zero-order chi connectivity index (χ0) is 17.8. The highest BCUT2D eigenvalue weighted by molar-refractivity contribution is 5.91. The molecule has 1 aliphatic rings. The molecule has 0 aliphatic heterocycles. The van der Waals surface area contributed by atoms with Crippen LogP contribution >= 0.6 is 0 Å². The van der Waals surface area contributed by atoms with Crippen LogP contribution in [-0.2, 0) is 0 Å². The lowest BCUT2D eigenvalue weighted by Gasteiger charge is -2.34. The van der Waals surface area contributed by atoms with Gasteiger partial charge in [0.05, 0.1) is 6.10 Å². The van der Waals surface area contributed by atoms with Crippen LogP contribution in [0.3, 0.4) is 0 Å². The molecule has 2 amide bonds. The Kier molecular flexibility index (Phi) is 5.19. The van der Waals surface area contributed by atoms with Gasteiger partial charge in [0.2, 0.25) is 0 Å². The first kappa shape index (κ1) is 17.2. The van der Waals surface area contributed by atoms with Gasteiger partial charge in [0.15, 0.2) is 11.6 Å². The van der Waals surface area contributed by atoms with Crippen molar-refractivity contribution in [2.75, 3.05) is 18.9 Å². The van der Waals surface area contributed by atoms with Crippen LogP contribution in [0, 0.1) is 11.7 Å².